The lowest BCUT2D eigenvalue weighted by atomic mass is 9.88. The molecule has 2 rings (SSSR count). The highest BCUT2D eigenvalue weighted by atomic mass is 31.1. The Kier molecular flexibility index (Phi) is 7.61. The van der Waals surface area contributed by atoms with E-state index >= 15 is 0 Å². The molecule has 1 aliphatic rings. The number of rotatable bonds is 8. The fraction of sp³-hybridized carbons (Fsp3) is 0.526. The average molecular weight is 349 g/mol. The molecule has 130 valence electrons. The topological polar surface area (TPSA) is 63.6 Å². The van der Waals surface area contributed by atoms with Gasteiger partial charge < -0.3 is 5.11 Å². The molecule has 1 aliphatic carbocycles. The fourth-order valence-electron chi connectivity index (χ4n) is 3.14. The van der Waals surface area contributed by atoms with E-state index in [4.69, 9.17) is 4.52 Å². The number of aliphatic carboxylic acids is 1. The number of carbonyl (C=O) groups is 1. The second-order valence-corrected chi connectivity index (χ2v) is 7.68. The molecule has 0 heterocycles. The molecule has 0 radical (unpaired) electrons. The van der Waals surface area contributed by atoms with E-state index in [0.29, 0.717) is 12.3 Å². The highest BCUT2D eigenvalue weighted by Gasteiger charge is 2.28. The van der Waals surface area contributed by atoms with Gasteiger partial charge in [0.05, 0.1) is 5.57 Å². The van der Waals surface area contributed by atoms with Gasteiger partial charge in [0.1, 0.15) is 6.10 Å². The Hall–Kier alpha value is -1.51. The summed E-state index contributed by atoms with van der Waals surface area (Å²) in [6.45, 7) is 1.87. The van der Waals surface area contributed by atoms with E-state index in [9.17, 15) is 14.5 Å². The van der Waals surface area contributed by atoms with Crippen molar-refractivity contribution in [3.05, 3.63) is 47.5 Å². The lowest BCUT2D eigenvalue weighted by Crippen LogP contribution is -2.12. The molecular weight excluding hydrogens is 323 g/mol. The summed E-state index contributed by atoms with van der Waals surface area (Å²) in [5.74, 6) is -0.682. The van der Waals surface area contributed by atoms with Crippen molar-refractivity contribution in [1.82, 2.24) is 0 Å². The SMILES string of the molecule is CC(Cc1ccccc1)O[P+](=O)CC(=CC1CCCCC1)C(=O)O. The van der Waals surface area contributed by atoms with Crippen LogP contribution in [-0.4, -0.2) is 23.3 Å². The van der Waals surface area contributed by atoms with Crippen LogP contribution in [-0.2, 0) is 20.3 Å². The summed E-state index contributed by atoms with van der Waals surface area (Å²) in [5, 5.41) is 9.37. The zero-order valence-electron chi connectivity index (χ0n) is 14.2. The van der Waals surface area contributed by atoms with Crippen molar-refractivity contribution in [2.75, 3.05) is 6.16 Å². The van der Waals surface area contributed by atoms with Crippen molar-refractivity contribution in [3.8, 4) is 0 Å². The number of carboxylic acids is 1. The lowest BCUT2D eigenvalue weighted by Gasteiger charge is -2.18. The van der Waals surface area contributed by atoms with E-state index in [1.54, 1.807) is 6.08 Å². The second-order valence-electron chi connectivity index (χ2n) is 6.49. The van der Waals surface area contributed by atoms with Crippen LogP contribution in [0.3, 0.4) is 0 Å². The standard InChI is InChI=1S/C19H25O4P/c1-15(12-16-8-4-2-5-9-16)23-24(22)14-18(19(20)21)13-17-10-6-3-7-11-17/h2,4-5,8-9,13,15,17H,3,6-7,10-12,14H2,1H3/p+1. The third-order valence-corrected chi connectivity index (χ3v) is 5.52. The first-order chi connectivity index (χ1) is 11.5. The number of allylic oxidation sites excluding steroid dienone is 1. The van der Waals surface area contributed by atoms with Crippen LogP contribution in [0.1, 0.15) is 44.6 Å². The molecule has 2 atom stereocenters. The Morgan fingerprint density at radius 3 is 2.58 bits per heavy atom. The summed E-state index contributed by atoms with van der Waals surface area (Å²) in [5.41, 5.74) is 1.35. The smallest absolute Gasteiger partial charge is 0.478 e. The fourth-order valence-corrected chi connectivity index (χ4v) is 4.21. The zero-order chi connectivity index (χ0) is 17.4. The van der Waals surface area contributed by atoms with Gasteiger partial charge in [0.15, 0.2) is 0 Å². The largest absolute Gasteiger partial charge is 0.513 e. The van der Waals surface area contributed by atoms with Gasteiger partial charge in [0, 0.05) is 6.42 Å². The average Bonchev–Trinajstić information content (AvgIpc) is 2.55. The van der Waals surface area contributed by atoms with Crippen molar-refractivity contribution in [1.29, 1.82) is 0 Å². The molecule has 1 fully saturated rings. The molecule has 1 aromatic carbocycles. The highest BCUT2D eigenvalue weighted by molar-refractivity contribution is 7.39. The summed E-state index contributed by atoms with van der Waals surface area (Å²) in [6, 6.07) is 9.86. The van der Waals surface area contributed by atoms with Crippen LogP contribution in [0, 0.1) is 5.92 Å². The number of benzene rings is 1. The van der Waals surface area contributed by atoms with Crippen molar-refractivity contribution in [2.24, 2.45) is 5.92 Å². The maximum absolute atomic E-state index is 12.2. The van der Waals surface area contributed by atoms with Crippen LogP contribution in [0.2, 0.25) is 0 Å². The van der Waals surface area contributed by atoms with Crippen LogP contribution in [0.15, 0.2) is 42.0 Å². The van der Waals surface area contributed by atoms with Gasteiger partial charge in [-0.15, -0.1) is 4.52 Å². The molecule has 0 saturated heterocycles. The van der Waals surface area contributed by atoms with Crippen molar-refractivity contribution in [3.63, 3.8) is 0 Å². The minimum atomic E-state index is -2.01. The number of hydrogen-bond acceptors (Lipinski definition) is 3. The molecule has 0 amide bonds. The predicted octanol–water partition coefficient (Wildman–Crippen LogP) is 4.97. The molecule has 4 nitrogen and oxygen atoms in total. The van der Waals surface area contributed by atoms with Gasteiger partial charge in [-0.25, -0.2) is 4.79 Å². The first-order valence-corrected chi connectivity index (χ1v) is 10.00. The molecule has 2 unspecified atom stereocenters. The minimum absolute atomic E-state index is 0.0136. The van der Waals surface area contributed by atoms with E-state index < -0.39 is 14.0 Å². The molecule has 0 aromatic heterocycles. The molecule has 1 saturated carbocycles. The molecule has 1 N–H and O–H groups in total. The van der Waals surface area contributed by atoms with Crippen molar-refractivity contribution >= 4 is 14.0 Å². The summed E-state index contributed by atoms with van der Waals surface area (Å²) >= 11 is 0. The third-order valence-electron chi connectivity index (χ3n) is 4.32. The Morgan fingerprint density at radius 1 is 1.29 bits per heavy atom. The Morgan fingerprint density at radius 2 is 1.96 bits per heavy atom. The van der Waals surface area contributed by atoms with E-state index in [1.165, 1.54) is 6.42 Å². The first kappa shape index (κ1) is 18.8. The van der Waals surface area contributed by atoms with E-state index in [-0.39, 0.29) is 17.8 Å². The monoisotopic (exact) mass is 349 g/mol. The van der Waals surface area contributed by atoms with Gasteiger partial charge in [-0.05, 0) is 35.8 Å². The molecule has 5 heteroatoms. The van der Waals surface area contributed by atoms with Gasteiger partial charge in [0.2, 0.25) is 6.16 Å². The van der Waals surface area contributed by atoms with E-state index in [0.717, 1.165) is 31.2 Å². The Labute approximate surface area is 144 Å². The normalized spacial score (nSPS) is 18.2. The summed E-state index contributed by atoms with van der Waals surface area (Å²) < 4.78 is 17.8. The number of hydrogen-bond donors (Lipinski definition) is 1. The number of carboxylic acid groups (broad SMARTS) is 1. The predicted molar refractivity (Wildman–Crippen MR) is 95.5 cm³/mol. The van der Waals surface area contributed by atoms with Gasteiger partial charge in [-0.1, -0.05) is 55.7 Å². The molecule has 0 spiro atoms. The third kappa shape index (κ3) is 6.54. The molecule has 24 heavy (non-hydrogen) atoms. The van der Waals surface area contributed by atoms with Crippen LogP contribution >= 0.6 is 8.03 Å². The lowest BCUT2D eigenvalue weighted by molar-refractivity contribution is -0.132. The quantitative estimate of drug-likeness (QED) is 0.532. The van der Waals surface area contributed by atoms with Crippen molar-refractivity contribution in [2.45, 2.75) is 51.6 Å². The summed E-state index contributed by atoms with van der Waals surface area (Å²) in [7, 11) is -2.01. The van der Waals surface area contributed by atoms with Gasteiger partial charge in [-0.2, -0.15) is 0 Å². The maximum Gasteiger partial charge on any atom is 0.513 e. The molecule has 0 bridgehead atoms. The van der Waals surface area contributed by atoms with E-state index in [2.05, 4.69) is 0 Å². The van der Waals surface area contributed by atoms with Crippen molar-refractivity contribution < 1.29 is 19.0 Å². The molecular formula is C19H26O4P+. The highest BCUT2D eigenvalue weighted by Crippen LogP contribution is 2.31. The van der Waals surface area contributed by atoms with Crippen LogP contribution in [0.4, 0.5) is 0 Å². The zero-order valence-corrected chi connectivity index (χ0v) is 15.1. The first-order valence-electron chi connectivity index (χ1n) is 8.64. The van der Waals surface area contributed by atoms with Gasteiger partial charge >= 0.3 is 14.0 Å². The van der Waals surface area contributed by atoms with Crippen LogP contribution < -0.4 is 0 Å². The van der Waals surface area contributed by atoms with Gasteiger partial charge in [-0.3, -0.25) is 0 Å². The second kappa shape index (κ2) is 9.71. The molecule has 0 aliphatic heterocycles. The molecule has 1 aromatic rings. The minimum Gasteiger partial charge on any atom is -0.478 e. The van der Waals surface area contributed by atoms with Crippen LogP contribution in [0.25, 0.3) is 0 Å². The maximum atomic E-state index is 12.2. The Balaban J connectivity index is 1.88. The van der Waals surface area contributed by atoms with Crippen LogP contribution in [0.5, 0.6) is 0 Å². The summed E-state index contributed by atoms with van der Waals surface area (Å²) in [4.78, 5) is 11.4. The van der Waals surface area contributed by atoms with E-state index in [1.807, 2.05) is 37.3 Å². The Bertz CT molecular complexity index is 576. The van der Waals surface area contributed by atoms with Gasteiger partial charge in [0.25, 0.3) is 0 Å². The summed E-state index contributed by atoms with van der Waals surface area (Å²) in [6.07, 6.45) is 7.81.